The standard InChI is InChI=1S/C32H38F2N6O3/c1-22-5-2-3-6-27(22)39-15-17-40(18-16-39)28-10-9-24(29(41)35-12-4-13-38-14-11-32(33,34)21-38)19-25(28)36-30(42)26-20-43-31(37-26)23-7-8-23/h2-3,5-6,9-10,19-20,23H,4,7-8,11-18,21H2,1H3,(H,35,41)(H,36,42). The molecule has 11 heteroatoms. The molecule has 3 aromatic rings. The van der Waals surface area contributed by atoms with Gasteiger partial charge in [0.05, 0.1) is 17.9 Å². The topological polar surface area (TPSA) is 94.0 Å². The first kappa shape index (κ1) is 29.1. The van der Waals surface area contributed by atoms with Crippen molar-refractivity contribution in [3.63, 3.8) is 0 Å². The zero-order valence-corrected chi connectivity index (χ0v) is 24.5. The van der Waals surface area contributed by atoms with E-state index in [1.54, 1.807) is 17.0 Å². The normalized spacial score (nSPS) is 18.6. The molecule has 1 aliphatic carbocycles. The van der Waals surface area contributed by atoms with E-state index in [1.165, 1.54) is 17.5 Å². The molecule has 3 heterocycles. The Hall–Kier alpha value is -3.99. The minimum absolute atomic E-state index is 0.114. The fraction of sp³-hybridized carbons (Fsp3) is 0.469. The molecular weight excluding hydrogens is 554 g/mol. The van der Waals surface area contributed by atoms with Crippen LogP contribution in [-0.4, -0.2) is 80.0 Å². The molecule has 2 aliphatic heterocycles. The number of carbonyl (C=O) groups is 2. The van der Waals surface area contributed by atoms with Crippen molar-refractivity contribution in [1.82, 2.24) is 15.2 Å². The fourth-order valence-electron chi connectivity index (χ4n) is 5.86. The van der Waals surface area contributed by atoms with Gasteiger partial charge in [-0.05, 0) is 56.0 Å². The molecule has 2 N–H and O–H groups in total. The van der Waals surface area contributed by atoms with Crippen LogP contribution in [0, 0.1) is 6.92 Å². The lowest BCUT2D eigenvalue weighted by molar-refractivity contribution is 0.0121. The number of nitrogens with one attached hydrogen (secondary N) is 2. The van der Waals surface area contributed by atoms with Crippen LogP contribution in [0.25, 0.3) is 0 Å². The predicted molar refractivity (Wildman–Crippen MR) is 161 cm³/mol. The predicted octanol–water partition coefficient (Wildman–Crippen LogP) is 4.90. The molecule has 3 fully saturated rings. The summed E-state index contributed by atoms with van der Waals surface area (Å²) in [6.07, 6.45) is 3.88. The highest BCUT2D eigenvalue weighted by Gasteiger charge is 2.37. The van der Waals surface area contributed by atoms with Crippen LogP contribution in [0.3, 0.4) is 0 Å². The van der Waals surface area contributed by atoms with E-state index in [4.69, 9.17) is 4.42 Å². The Morgan fingerprint density at radius 2 is 1.74 bits per heavy atom. The van der Waals surface area contributed by atoms with Crippen LogP contribution in [0.2, 0.25) is 0 Å². The minimum Gasteiger partial charge on any atom is -0.448 e. The summed E-state index contributed by atoms with van der Waals surface area (Å²) in [6.45, 7) is 6.26. The number of aryl methyl sites for hydroxylation is 1. The Kier molecular flexibility index (Phi) is 8.34. The second-order valence-corrected chi connectivity index (χ2v) is 11.8. The summed E-state index contributed by atoms with van der Waals surface area (Å²) < 4.78 is 32.4. The monoisotopic (exact) mass is 592 g/mol. The van der Waals surface area contributed by atoms with Crippen LogP contribution < -0.4 is 20.4 Å². The van der Waals surface area contributed by atoms with Gasteiger partial charge < -0.3 is 24.9 Å². The summed E-state index contributed by atoms with van der Waals surface area (Å²) in [5.41, 5.74) is 4.42. The number of hydrogen-bond acceptors (Lipinski definition) is 7. The Morgan fingerprint density at radius 3 is 2.44 bits per heavy atom. The van der Waals surface area contributed by atoms with Gasteiger partial charge in [0, 0.05) is 69.4 Å². The lowest BCUT2D eigenvalue weighted by Gasteiger charge is -2.38. The van der Waals surface area contributed by atoms with Gasteiger partial charge >= 0.3 is 0 Å². The number of likely N-dealkylation sites (tertiary alicyclic amines) is 1. The Bertz CT molecular complexity index is 1460. The average molecular weight is 593 g/mol. The maximum atomic E-state index is 13.5. The SMILES string of the molecule is Cc1ccccc1N1CCN(c2ccc(C(=O)NCCCN3CCC(F)(F)C3)cc2NC(=O)c2coc(C3CC3)n2)CC1. The number of benzene rings is 2. The molecule has 43 heavy (non-hydrogen) atoms. The molecule has 1 saturated carbocycles. The maximum absolute atomic E-state index is 13.5. The molecule has 0 bridgehead atoms. The Labute approximate surface area is 250 Å². The van der Waals surface area contributed by atoms with Gasteiger partial charge in [0.25, 0.3) is 17.7 Å². The van der Waals surface area contributed by atoms with Gasteiger partial charge in [0.1, 0.15) is 6.26 Å². The summed E-state index contributed by atoms with van der Waals surface area (Å²) in [6, 6.07) is 13.7. The smallest absolute Gasteiger partial charge is 0.277 e. The lowest BCUT2D eigenvalue weighted by Crippen LogP contribution is -2.47. The summed E-state index contributed by atoms with van der Waals surface area (Å²) in [5, 5.41) is 5.88. The van der Waals surface area contributed by atoms with Crippen LogP contribution in [0.1, 0.15) is 63.9 Å². The summed E-state index contributed by atoms with van der Waals surface area (Å²) >= 11 is 0. The van der Waals surface area contributed by atoms with Gasteiger partial charge in [-0.3, -0.25) is 14.5 Å². The largest absolute Gasteiger partial charge is 0.448 e. The zero-order valence-electron chi connectivity index (χ0n) is 24.5. The van der Waals surface area contributed by atoms with Crippen molar-refractivity contribution in [2.75, 3.05) is 67.5 Å². The van der Waals surface area contributed by atoms with Crippen molar-refractivity contribution < 1.29 is 22.8 Å². The molecule has 2 saturated heterocycles. The van der Waals surface area contributed by atoms with Crippen LogP contribution in [0.15, 0.2) is 53.1 Å². The number of aromatic nitrogens is 1. The van der Waals surface area contributed by atoms with Crippen molar-refractivity contribution in [2.24, 2.45) is 0 Å². The number of halogens is 2. The molecule has 0 radical (unpaired) electrons. The van der Waals surface area contributed by atoms with Crippen molar-refractivity contribution in [2.45, 2.75) is 44.4 Å². The van der Waals surface area contributed by atoms with Gasteiger partial charge in [-0.25, -0.2) is 13.8 Å². The number of amides is 2. The van der Waals surface area contributed by atoms with Crippen molar-refractivity contribution in [3.05, 3.63) is 71.4 Å². The van der Waals surface area contributed by atoms with Gasteiger partial charge in [-0.1, -0.05) is 18.2 Å². The number of anilines is 3. The number of alkyl halides is 2. The van der Waals surface area contributed by atoms with Crippen molar-refractivity contribution in [1.29, 1.82) is 0 Å². The van der Waals surface area contributed by atoms with Crippen molar-refractivity contribution in [3.8, 4) is 0 Å². The van der Waals surface area contributed by atoms with Crippen LogP contribution in [0.5, 0.6) is 0 Å². The number of piperazine rings is 1. The highest BCUT2D eigenvalue weighted by atomic mass is 19.3. The van der Waals surface area contributed by atoms with E-state index < -0.39 is 11.8 Å². The number of nitrogens with zero attached hydrogens (tertiary/aromatic N) is 4. The first-order chi connectivity index (χ1) is 20.8. The maximum Gasteiger partial charge on any atom is 0.277 e. The molecule has 0 spiro atoms. The lowest BCUT2D eigenvalue weighted by atomic mass is 10.1. The molecular formula is C32H38F2N6O3. The number of para-hydroxylation sites is 1. The fourth-order valence-corrected chi connectivity index (χ4v) is 5.86. The van der Waals surface area contributed by atoms with Crippen LogP contribution in [-0.2, 0) is 0 Å². The summed E-state index contributed by atoms with van der Waals surface area (Å²) in [4.78, 5) is 37.0. The third-order valence-electron chi connectivity index (χ3n) is 8.45. The van der Waals surface area contributed by atoms with E-state index >= 15 is 0 Å². The molecule has 2 aromatic carbocycles. The molecule has 9 nitrogen and oxygen atoms in total. The van der Waals surface area contributed by atoms with Gasteiger partial charge in [-0.15, -0.1) is 0 Å². The molecule has 3 aliphatic rings. The molecule has 6 rings (SSSR count). The van der Waals surface area contributed by atoms with E-state index in [0.717, 1.165) is 44.7 Å². The first-order valence-corrected chi connectivity index (χ1v) is 15.1. The number of hydrogen-bond donors (Lipinski definition) is 2. The second-order valence-electron chi connectivity index (χ2n) is 11.8. The first-order valence-electron chi connectivity index (χ1n) is 15.1. The van der Waals surface area contributed by atoms with Crippen molar-refractivity contribution >= 4 is 28.9 Å². The van der Waals surface area contributed by atoms with Crippen LogP contribution in [0.4, 0.5) is 25.8 Å². The van der Waals surface area contributed by atoms with Gasteiger partial charge in [0.2, 0.25) is 0 Å². The Morgan fingerprint density at radius 1 is 1.00 bits per heavy atom. The quantitative estimate of drug-likeness (QED) is 0.324. The number of rotatable bonds is 10. The minimum atomic E-state index is -2.62. The third kappa shape index (κ3) is 6.98. The van der Waals surface area contributed by atoms with E-state index in [2.05, 4.69) is 50.5 Å². The summed E-state index contributed by atoms with van der Waals surface area (Å²) in [7, 11) is 0. The molecule has 228 valence electrons. The van der Waals surface area contributed by atoms with Gasteiger partial charge in [-0.2, -0.15) is 0 Å². The van der Waals surface area contributed by atoms with E-state index in [1.807, 2.05) is 12.1 Å². The second kappa shape index (κ2) is 12.3. The third-order valence-corrected chi connectivity index (χ3v) is 8.45. The van der Waals surface area contributed by atoms with Gasteiger partial charge in [0.15, 0.2) is 11.6 Å². The summed E-state index contributed by atoms with van der Waals surface area (Å²) in [5.74, 6) is -2.42. The molecule has 0 atom stereocenters. The number of oxazole rings is 1. The molecule has 1 aromatic heterocycles. The number of carbonyl (C=O) groups excluding carboxylic acids is 2. The molecule has 0 unspecified atom stereocenters. The van der Waals surface area contributed by atoms with E-state index in [-0.39, 0.29) is 30.5 Å². The Balaban J connectivity index is 1.14. The van der Waals surface area contributed by atoms with Crippen LogP contribution >= 0.6 is 0 Å². The highest BCUT2D eigenvalue weighted by molar-refractivity contribution is 6.06. The average Bonchev–Trinajstić information content (AvgIpc) is 3.62. The zero-order chi connectivity index (χ0) is 30.0. The molecule has 2 amide bonds. The van der Waals surface area contributed by atoms with E-state index in [0.29, 0.717) is 43.2 Å². The van der Waals surface area contributed by atoms with E-state index in [9.17, 15) is 18.4 Å². The highest BCUT2D eigenvalue weighted by Crippen LogP contribution is 2.39.